The summed E-state index contributed by atoms with van der Waals surface area (Å²) in [4.78, 5) is 10.4. The summed E-state index contributed by atoms with van der Waals surface area (Å²) in [6, 6.07) is 0.0962. The highest BCUT2D eigenvalue weighted by Gasteiger charge is 2.25. The quantitative estimate of drug-likeness (QED) is 0.633. The largest absolute Gasteiger partial charge is 0.481 e. The molecule has 0 aliphatic heterocycles. The molecule has 0 fully saturated rings. The second-order valence-electron chi connectivity index (χ2n) is 3.75. The van der Waals surface area contributed by atoms with Gasteiger partial charge in [0.25, 0.3) is 0 Å². The number of rotatable bonds is 5. The van der Waals surface area contributed by atoms with Crippen LogP contribution in [0.15, 0.2) is 6.07 Å². The number of halogens is 4. The lowest BCUT2D eigenvalue weighted by Gasteiger charge is -2.16. The summed E-state index contributed by atoms with van der Waals surface area (Å²) in [7, 11) is 0. The predicted molar refractivity (Wildman–Crippen MR) is 54.9 cm³/mol. The summed E-state index contributed by atoms with van der Waals surface area (Å²) in [5.41, 5.74) is 4.42. The molecule has 18 heavy (non-hydrogen) atoms. The third kappa shape index (κ3) is 2.98. The van der Waals surface area contributed by atoms with Gasteiger partial charge in [-0.3, -0.25) is 4.79 Å². The van der Waals surface area contributed by atoms with Crippen LogP contribution in [-0.4, -0.2) is 17.6 Å². The van der Waals surface area contributed by atoms with Crippen LogP contribution in [0.2, 0.25) is 0 Å². The molecule has 1 aromatic carbocycles. The van der Waals surface area contributed by atoms with E-state index in [0.717, 1.165) is 0 Å². The highest BCUT2D eigenvalue weighted by atomic mass is 19.2. The molecule has 0 bridgehead atoms. The van der Waals surface area contributed by atoms with E-state index >= 15 is 0 Å². The van der Waals surface area contributed by atoms with Gasteiger partial charge in [0.05, 0.1) is 0 Å². The van der Waals surface area contributed by atoms with Crippen molar-refractivity contribution < 1.29 is 27.5 Å². The van der Waals surface area contributed by atoms with Crippen molar-refractivity contribution in [3.8, 4) is 0 Å². The summed E-state index contributed by atoms with van der Waals surface area (Å²) < 4.78 is 52.8. The van der Waals surface area contributed by atoms with E-state index in [9.17, 15) is 22.4 Å². The van der Waals surface area contributed by atoms with Crippen LogP contribution in [0.25, 0.3) is 0 Å². The van der Waals surface area contributed by atoms with Crippen LogP contribution in [0.1, 0.15) is 24.3 Å². The average Bonchev–Trinajstić information content (AvgIpc) is 2.30. The number of benzene rings is 1. The number of aliphatic carboxylic acids is 1. The summed E-state index contributed by atoms with van der Waals surface area (Å²) in [6.45, 7) is -0.315. The molecule has 7 heteroatoms. The molecule has 0 spiro atoms. The SMILES string of the molecule is NCC(CCC(=O)O)c1c(F)c(F)cc(F)c1F. The molecule has 1 atom stereocenters. The Morgan fingerprint density at radius 3 is 2.11 bits per heavy atom. The molecule has 0 heterocycles. The van der Waals surface area contributed by atoms with E-state index in [1.54, 1.807) is 0 Å². The van der Waals surface area contributed by atoms with Gasteiger partial charge in [0, 0.05) is 24.0 Å². The van der Waals surface area contributed by atoms with E-state index in [0.29, 0.717) is 0 Å². The summed E-state index contributed by atoms with van der Waals surface area (Å²) >= 11 is 0. The molecule has 3 nitrogen and oxygen atoms in total. The van der Waals surface area contributed by atoms with E-state index in [2.05, 4.69) is 0 Å². The molecule has 1 unspecified atom stereocenters. The molecule has 0 radical (unpaired) electrons. The highest BCUT2D eigenvalue weighted by molar-refractivity contribution is 5.66. The standard InChI is InChI=1S/C11H11F4NO2/c12-6-3-7(13)11(15)9(10(6)14)5(4-16)1-2-8(17)18/h3,5H,1-2,4,16H2,(H,17,18). The van der Waals surface area contributed by atoms with E-state index in [-0.39, 0.29) is 19.0 Å². The van der Waals surface area contributed by atoms with Gasteiger partial charge in [-0.25, -0.2) is 17.6 Å². The Labute approximate surface area is 100 Å². The maximum absolute atomic E-state index is 13.4. The van der Waals surface area contributed by atoms with E-state index in [1.165, 1.54) is 0 Å². The van der Waals surface area contributed by atoms with Crippen LogP contribution in [0, 0.1) is 23.3 Å². The van der Waals surface area contributed by atoms with Gasteiger partial charge in [-0.2, -0.15) is 0 Å². The van der Waals surface area contributed by atoms with Crippen molar-refractivity contribution >= 4 is 5.97 Å². The van der Waals surface area contributed by atoms with E-state index < -0.39 is 47.1 Å². The molecule has 3 N–H and O–H groups in total. The fraction of sp³-hybridized carbons (Fsp3) is 0.364. The molecule has 1 aromatic rings. The van der Waals surface area contributed by atoms with Crippen LogP contribution in [0.3, 0.4) is 0 Å². The van der Waals surface area contributed by atoms with Crippen molar-refractivity contribution in [3.05, 3.63) is 34.9 Å². The van der Waals surface area contributed by atoms with Crippen LogP contribution in [0.4, 0.5) is 17.6 Å². The van der Waals surface area contributed by atoms with E-state index in [4.69, 9.17) is 10.8 Å². The smallest absolute Gasteiger partial charge is 0.303 e. The topological polar surface area (TPSA) is 63.3 Å². The van der Waals surface area contributed by atoms with Crippen LogP contribution < -0.4 is 5.73 Å². The van der Waals surface area contributed by atoms with Crippen molar-refractivity contribution in [3.63, 3.8) is 0 Å². The minimum absolute atomic E-state index is 0.0962. The molecule has 0 aromatic heterocycles. The molecule has 0 saturated carbocycles. The van der Waals surface area contributed by atoms with Crippen LogP contribution in [-0.2, 0) is 4.79 Å². The summed E-state index contributed by atoms with van der Waals surface area (Å²) in [6.07, 6.45) is -0.610. The fourth-order valence-corrected chi connectivity index (χ4v) is 1.63. The van der Waals surface area contributed by atoms with Crippen molar-refractivity contribution in [1.82, 2.24) is 0 Å². The van der Waals surface area contributed by atoms with Gasteiger partial charge >= 0.3 is 5.97 Å². The zero-order valence-corrected chi connectivity index (χ0v) is 9.22. The lowest BCUT2D eigenvalue weighted by atomic mass is 9.93. The Bertz CT molecular complexity index is 439. The van der Waals surface area contributed by atoms with E-state index in [1.807, 2.05) is 0 Å². The maximum atomic E-state index is 13.4. The number of nitrogens with two attached hydrogens (primary N) is 1. The highest BCUT2D eigenvalue weighted by Crippen LogP contribution is 2.29. The number of hydrogen-bond acceptors (Lipinski definition) is 2. The third-order valence-electron chi connectivity index (χ3n) is 2.55. The summed E-state index contributed by atoms with van der Waals surface area (Å²) in [5, 5.41) is 8.48. The first kappa shape index (κ1) is 14.4. The van der Waals surface area contributed by atoms with Crippen molar-refractivity contribution in [2.24, 2.45) is 5.73 Å². The molecule has 0 saturated heterocycles. The average molecular weight is 265 g/mol. The zero-order chi connectivity index (χ0) is 13.9. The predicted octanol–water partition coefficient (Wildman–Crippen LogP) is 2.15. The van der Waals surface area contributed by atoms with Gasteiger partial charge in [0.2, 0.25) is 0 Å². The number of carboxylic acids is 1. The van der Waals surface area contributed by atoms with Gasteiger partial charge in [-0.05, 0) is 13.0 Å². The maximum Gasteiger partial charge on any atom is 0.303 e. The minimum Gasteiger partial charge on any atom is -0.481 e. The zero-order valence-electron chi connectivity index (χ0n) is 9.22. The van der Waals surface area contributed by atoms with Gasteiger partial charge in [0.1, 0.15) is 0 Å². The summed E-state index contributed by atoms with van der Waals surface area (Å²) in [5.74, 6) is -8.41. The Balaban J connectivity index is 3.16. The van der Waals surface area contributed by atoms with Crippen LogP contribution >= 0.6 is 0 Å². The van der Waals surface area contributed by atoms with Crippen molar-refractivity contribution in [2.45, 2.75) is 18.8 Å². The normalized spacial score (nSPS) is 12.5. The number of hydrogen-bond donors (Lipinski definition) is 2. The number of carbonyl (C=O) groups is 1. The molecule has 100 valence electrons. The molecule has 0 aliphatic rings. The lowest BCUT2D eigenvalue weighted by molar-refractivity contribution is -0.137. The molecule has 0 aliphatic carbocycles. The van der Waals surface area contributed by atoms with Gasteiger partial charge < -0.3 is 10.8 Å². The Kier molecular flexibility index (Phi) is 4.66. The Hall–Kier alpha value is -1.63. The molecule has 1 rings (SSSR count). The number of carboxylic acid groups (broad SMARTS) is 1. The lowest BCUT2D eigenvalue weighted by Crippen LogP contribution is -2.18. The minimum atomic E-state index is -1.53. The molecular formula is C11H11F4NO2. The van der Waals surface area contributed by atoms with Gasteiger partial charge in [-0.15, -0.1) is 0 Å². The van der Waals surface area contributed by atoms with Crippen molar-refractivity contribution in [1.29, 1.82) is 0 Å². The molecular weight excluding hydrogens is 254 g/mol. The second-order valence-corrected chi connectivity index (χ2v) is 3.75. The first-order chi connectivity index (χ1) is 8.38. The Morgan fingerprint density at radius 1 is 1.22 bits per heavy atom. The third-order valence-corrected chi connectivity index (χ3v) is 2.55. The fourth-order valence-electron chi connectivity index (χ4n) is 1.63. The molecule has 0 amide bonds. The van der Waals surface area contributed by atoms with Crippen molar-refractivity contribution in [2.75, 3.05) is 6.54 Å². The Morgan fingerprint density at radius 2 is 1.72 bits per heavy atom. The first-order valence-electron chi connectivity index (χ1n) is 5.13. The van der Waals surface area contributed by atoms with Gasteiger partial charge in [0.15, 0.2) is 23.3 Å². The monoisotopic (exact) mass is 265 g/mol. The van der Waals surface area contributed by atoms with Gasteiger partial charge in [-0.1, -0.05) is 0 Å². The second kappa shape index (κ2) is 5.81. The first-order valence-corrected chi connectivity index (χ1v) is 5.13. The van der Waals surface area contributed by atoms with Crippen LogP contribution in [0.5, 0.6) is 0 Å².